The lowest BCUT2D eigenvalue weighted by Crippen LogP contribution is -2.49. The van der Waals surface area contributed by atoms with Crippen molar-refractivity contribution in [2.45, 2.75) is 76.1 Å². The first kappa shape index (κ1) is 33.8. The summed E-state index contributed by atoms with van der Waals surface area (Å²) in [5.74, 6) is 0.226. The van der Waals surface area contributed by atoms with E-state index in [0.29, 0.717) is 25.9 Å². The molecular formula is C42H47N3O5. The van der Waals surface area contributed by atoms with Gasteiger partial charge in [0.2, 0.25) is 5.91 Å². The van der Waals surface area contributed by atoms with Crippen LogP contribution in [0.4, 0.5) is 4.79 Å². The molecule has 2 aliphatic heterocycles. The minimum absolute atomic E-state index is 0.0307. The molecule has 5 atom stereocenters. The first-order valence-electron chi connectivity index (χ1n) is 17.7. The molecule has 3 amide bonds. The SMILES string of the molecule is COc1ccc(CN2C[C@H](Cc3ccccc3)N(C[C@@H](O)C[C@@H](Cc3ccccc3)C(=O)N3[C@H]4c5ccccc5C[C@H]4OC3(C)C)C2=O)cc1. The van der Waals surface area contributed by atoms with E-state index in [1.165, 1.54) is 5.56 Å². The summed E-state index contributed by atoms with van der Waals surface area (Å²) in [4.78, 5) is 34.4. The molecule has 0 unspecified atom stereocenters. The highest BCUT2D eigenvalue weighted by molar-refractivity contribution is 5.81. The molecule has 2 heterocycles. The standard InChI is InChI=1S/C42H47N3O5/c1-42(2)45(39-37-17-11-10-16-32(37)25-38(39)50-42)40(47)33(22-29-12-6-4-7-13-29)24-35(46)28-44-34(23-30-14-8-5-9-15-30)27-43(41(44)48)26-31-18-20-36(49-3)21-19-31/h4-21,33-35,38-39,46H,22-28H2,1-3H3/t33-,34+,35+,38-,39+/m1/s1. The van der Waals surface area contributed by atoms with E-state index < -0.39 is 17.7 Å². The summed E-state index contributed by atoms with van der Waals surface area (Å²) >= 11 is 0. The van der Waals surface area contributed by atoms with Crippen LogP contribution in [-0.4, -0.2) is 75.9 Å². The third-order valence-corrected chi connectivity index (χ3v) is 10.6. The van der Waals surface area contributed by atoms with Crippen LogP contribution in [0.5, 0.6) is 5.75 Å². The van der Waals surface area contributed by atoms with Gasteiger partial charge in [-0.3, -0.25) is 4.79 Å². The van der Waals surface area contributed by atoms with Crippen molar-refractivity contribution in [1.82, 2.24) is 14.7 Å². The van der Waals surface area contributed by atoms with Gasteiger partial charge in [-0.2, -0.15) is 0 Å². The van der Waals surface area contributed by atoms with E-state index in [9.17, 15) is 14.7 Å². The van der Waals surface area contributed by atoms with Gasteiger partial charge in [0.25, 0.3) is 0 Å². The molecule has 3 aliphatic rings. The molecule has 2 fully saturated rings. The van der Waals surface area contributed by atoms with Crippen molar-refractivity contribution >= 4 is 11.9 Å². The van der Waals surface area contributed by atoms with Crippen LogP contribution in [0.2, 0.25) is 0 Å². The highest BCUT2D eigenvalue weighted by atomic mass is 16.5. The Morgan fingerprint density at radius 1 is 0.900 bits per heavy atom. The molecule has 0 spiro atoms. The number of carbonyl (C=O) groups is 2. The average molecular weight is 674 g/mol. The van der Waals surface area contributed by atoms with Crippen molar-refractivity contribution < 1.29 is 24.2 Å². The van der Waals surface area contributed by atoms with Crippen LogP contribution in [0, 0.1) is 5.92 Å². The number of benzene rings is 4. The Kier molecular flexibility index (Phi) is 9.67. The zero-order valence-corrected chi connectivity index (χ0v) is 29.2. The van der Waals surface area contributed by atoms with Gasteiger partial charge >= 0.3 is 6.03 Å². The van der Waals surface area contributed by atoms with Crippen molar-refractivity contribution in [2.75, 3.05) is 20.2 Å². The molecule has 4 aromatic carbocycles. The lowest BCUT2D eigenvalue weighted by atomic mass is 9.90. The molecule has 8 heteroatoms. The number of β-amino-alcohol motifs (C(OH)–C–C–N with tert-alkyl or cyclic N) is 1. The Hall–Kier alpha value is -4.66. The fourth-order valence-electron chi connectivity index (χ4n) is 8.25. The van der Waals surface area contributed by atoms with E-state index in [2.05, 4.69) is 24.3 Å². The molecule has 1 aliphatic carbocycles. The first-order chi connectivity index (χ1) is 24.2. The molecule has 2 saturated heterocycles. The number of rotatable bonds is 12. The average Bonchev–Trinajstić information content (AvgIpc) is 3.70. The van der Waals surface area contributed by atoms with Crippen molar-refractivity contribution in [2.24, 2.45) is 5.92 Å². The summed E-state index contributed by atoms with van der Waals surface area (Å²) in [6, 6.07) is 35.8. The summed E-state index contributed by atoms with van der Waals surface area (Å²) in [6.45, 7) is 5.08. The Morgan fingerprint density at radius 2 is 1.56 bits per heavy atom. The van der Waals surface area contributed by atoms with Gasteiger partial charge in [-0.15, -0.1) is 0 Å². The van der Waals surface area contributed by atoms with E-state index in [0.717, 1.165) is 34.4 Å². The minimum Gasteiger partial charge on any atom is -0.497 e. The number of hydrogen-bond acceptors (Lipinski definition) is 5. The summed E-state index contributed by atoms with van der Waals surface area (Å²) in [5.41, 5.74) is 4.73. The Balaban J connectivity index is 1.13. The number of fused-ring (bicyclic) bond motifs is 3. The number of urea groups is 1. The molecule has 0 bridgehead atoms. The molecule has 4 aromatic rings. The van der Waals surface area contributed by atoms with Gasteiger partial charge in [-0.25, -0.2) is 4.79 Å². The maximum absolute atomic E-state index is 14.8. The lowest BCUT2D eigenvalue weighted by molar-refractivity contribution is -0.153. The smallest absolute Gasteiger partial charge is 0.320 e. The topological polar surface area (TPSA) is 82.6 Å². The van der Waals surface area contributed by atoms with Crippen molar-refractivity contribution in [1.29, 1.82) is 0 Å². The van der Waals surface area contributed by atoms with Crippen LogP contribution in [0.15, 0.2) is 109 Å². The van der Waals surface area contributed by atoms with E-state index in [-0.39, 0.29) is 43.1 Å². The Labute approximate surface area is 295 Å². The van der Waals surface area contributed by atoms with Gasteiger partial charge in [0, 0.05) is 32.0 Å². The molecule has 50 heavy (non-hydrogen) atoms. The predicted molar refractivity (Wildman–Crippen MR) is 192 cm³/mol. The fraction of sp³-hybridized carbons (Fsp3) is 0.381. The molecule has 260 valence electrons. The molecule has 7 rings (SSSR count). The Morgan fingerprint density at radius 3 is 2.26 bits per heavy atom. The summed E-state index contributed by atoms with van der Waals surface area (Å²) < 4.78 is 11.9. The van der Waals surface area contributed by atoms with E-state index in [1.807, 2.05) is 113 Å². The third-order valence-electron chi connectivity index (χ3n) is 10.6. The van der Waals surface area contributed by atoms with Gasteiger partial charge in [-0.05, 0) is 73.1 Å². The second-order valence-corrected chi connectivity index (χ2v) is 14.4. The van der Waals surface area contributed by atoms with Crippen molar-refractivity contribution in [3.05, 3.63) is 137 Å². The molecule has 0 aromatic heterocycles. The van der Waals surface area contributed by atoms with Crippen LogP contribution >= 0.6 is 0 Å². The number of ether oxygens (including phenoxy) is 2. The zero-order valence-electron chi connectivity index (χ0n) is 29.2. The van der Waals surface area contributed by atoms with Crippen molar-refractivity contribution in [3.63, 3.8) is 0 Å². The zero-order chi connectivity index (χ0) is 34.8. The normalized spacial score (nSPS) is 22.0. The highest BCUT2D eigenvalue weighted by Crippen LogP contribution is 2.49. The largest absolute Gasteiger partial charge is 0.497 e. The fourth-order valence-corrected chi connectivity index (χ4v) is 8.25. The number of aliphatic hydroxyl groups is 1. The van der Waals surface area contributed by atoms with Crippen LogP contribution in [0.3, 0.4) is 0 Å². The highest BCUT2D eigenvalue weighted by Gasteiger charge is 2.54. The van der Waals surface area contributed by atoms with Gasteiger partial charge in [0.15, 0.2) is 0 Å². The maximum Gasteiger partial charge on any atom is 0.320 e. The molecule has 1 N–H and O–H groups in total. The number of aliphatic hydroxyl groups excluding tert-OH is 1. The third kappa shape index (κ3) is 7.00. The van der Waals surface area contributed by atoms with Crippen molar-refractivity contribution in [3.8, 4) is 5.75 Å². The molecule has 8 nitrogen and oxygen atoms in total. The number of amides is 3. The van der Waals surface area contributed by atoms with Gasteiger partial charge in [0.05, 0.1) is 31.4 Å². The van der Waals surface area contributed by atoms with E-state index >= 15 is 0 Å². The quantitative estimate of drug-likeness (QED) is 0.188. The summed E-state index contributed by atoms with van der Waals surface area (Å²) in [6.07, 6.45) is 1.13. The molecular weight excluding hydrogens is 626 g/mol. The molecule has 0 radical (unpaired) electrons. The second-order valence-electron chi connectivity index (χ2n) is 14.4. The minimum atomic E-state index is -0.908. The Bertz CT molecular complexity index is 1780. The van der Waals surface area contributed by atoms with Gasteiger partial charge in [-0.1, -0.05) is 97.1 Å². The van der Waals surface area contributed by atoms with Crippen LogP contribution in [0.25, 0.3) is 0 Å². The maximum atomic E-state index is 14.8. The number of nitrogens with zero attached hydrogens (tertiary/aromatic N) is 3. The second kappa shape index (κ2) is 14.3. The summed E-state index contributed by atoms with van der Waals surface area (Å²) in [7, 11) is 1.64. The predicted octanol–water partition coefficient (Wildman–Crippen LogP) is 6.41. The van der Waals surface area contributed by atoms with E-state index in [4.69, 9.17) is 9.47 Å². The van der Waals surface area contributed by atoms with Crippen LogP contribution in [0.1, 0.15) is 54.1 Å². The van der Waals surface area contributed by atoms with Crippen LogP contribution in [-0.2, 0) is 35.3 Å². The monoisotopic (exact) mass is 673 g/mol. The van der Waals surface area contributed by atoms with Gasteiger partial charge in [0.1, 0.15) is 11.5 Å². The molecule has 0 saturated carbocycles. The van der Waals surface area contributed by atoms with E-state index in [1.54, 1.807) is 7.11 Å². The number of carbonyl (C=O) groups excluding carboxylic acids is 2. The van der Waals surface area contributed by atoms with Gasteiger partial charge < -0.3 is 29.3 Å². The van der Waals surface area contributed by atoms with Crippen LogP contribution < -0.4 is 4.74 Å². The lowest BCUT2D eigenvalue weighted by Gasteiger charge is -2.37. The number of methoxy groups -OCH3 is 1. The first-order valence-corrected chi connectivity index (χ1v) is 17.7. The summed E-state index contributed by atoms with van der Waals surface area (Å²) in [5, 5.41) is 11.8. The number of hydrogen-bond donors (Lipinski definition) is 1.